The highest BCUT2D eigenvalue weighted by Gasteiger charge is 2.08. The number of hydrogen-bond donors (Lipinski definition) is 2. The molecule has 2 rings (SSSR count). The van der Waals surface area contributed by atoms with Gasteiger partial charge in [-0.2, -0.15) is 0 Å². The van der Waals surface area contributed by atoms with Gasteiger partial charge in [-0.3, -0.25) is 9.36 Å². The van der Waals surface area contributed by atoms with Crippen molar-refractivity contribution in [2.24, 2.45) is 0 Å². The Bertz CT molecular complexity index is 600. The predicted molar refractivity (Wildman–Crippen MR) is 59.8 cm³/mol. The van der Waals surface area contributed by atoms with Gasteiger partial charge in [-0.1, -0.05) is 11.6 Å². The van der Waals surface area contributed by atoms with E-state index in [4.69, 9.17) is 16.7 Å². The van der Waals surface area contributed by atoms with E-state index in [1.807, 2.05) is 0 Å². The average molecular weight is 241 g/mol. The number of aliphatic carboxylic acids is 1. The number of fused-ring (bicyclic) bond motifs is 1. The van der Waals surface area contributed by atoms with Crippen molar-refractivity contribution in [2.45, 2.75) is 13.0 Å². The molecule has 2 aromatic rings. The molecule has 0 amide bonds. The van der Waals surface area contributed by atoms with E-state index in [1.54, 1.807) is 18.2 Å². The molecule has 1 aromatic carbocycles. The SMILES string of the molecule is O=C(O)CCn1c(=O)[nH]c2cc(Cl)ccc21. The first-order valence-corrected chi connectivity index (χ1v) is 5.05. The number of nitrogens with zero attached hydrogens (tertiary/aromatic N) is 1. The van der Waals surface area contributed by atoms with E-state index in [0.717, 1.165) is 0 Å². The second-order valence-corrected chi connectivity index (χ2v) is 3.82. The molecule has 0 bridgehead atoms. The molecule has 16 heavy (non-hydrogen) atoms. The Hall–Kier alpha value is -1.75. The summed E-state index contributed by atoms with van der Waals surface area (Å²) in [5.74, 6) is -0.935. The molecule has 0 radical (unpaired) electrons. The highest BCUT2D eigenvalue weighted by Crippen LogP contribution is 2.16. The summed E-state index contributed by atoms with van der Waals surface area (Å²) >= 11 is 5.78. The van der Waals surface area contributed by atoms with Crippen molar-refractivity contribution in [2.75, 3.05) is 0 Å². The van der Waals surface area contributed by atoms with Crippen LogP contribution in [-0.2, 0) is 11.3 Å². The molecule has 84 valence electrons. The van der Waals surface area contributed by atoms with E-state index >= 15 is 0 Å². The molecule has 0 unspecified atom stereocenters. The summed E-state index contributed by atoms with van der Waals surface area (Å²) in [5.41, 5.74) is 0.956. The number of rotatable bonds is 3. The molecule has 0 atom stereocenters. The predicted octanol–water partition coefficient (Wildman–Crippen LogP) is 1.46. The Labute approximate surface area is 95.3 Å². The van der Waals surface area contributed by atoms with Crippen LogP contribution in [0.1, 0.15) is 6.42 Å². The minimum absolute atomic E-state index is 0.0878. The molecular weight excluding hydrogens is 232 g/mol. The summed E-state index contributed by atoms with van der Waals surface area (Å²) in [4.78, 5) is 24.6. The number of hydrogen-bond acceptors (Lipinski definition) is 2. The fourth-order valence-electron chi connectivity index (χ4n) is 1.57. The van der Waals surface area contributed by atoms with Crippen LogP contribution in [0.2, 0.25) is 5.02 Å². The molecule has 0 aliphatic carbocycles. The van der Waals surface area contributed by atoms with Crippen LogP contribution in [-0.4, -0.2) is 20.6 Å². The van der Waals surface area contributed by atoms with E-state index in [-0.39, 0.29) is 18.7 Å². The van der Waals surface area contributed by atoms with Crippen LogP contribution in [0.15, 0.2) is 23.0 Å². The normalized spacial score (nSPS) is 10.8. The Morgan fingerprint density at radius 1 is 1.50 bits per heavy atom. The fourth-order valence-corrected chi connectivity index (χ4v) is 1.74. The van der Waals surface area contributed by atoms with Gasteiger partial charge < -0.3 is 10.1 Å². The molecule has 5 nitrogen and oxygen atoms in total. The number of H-pyrrole nitrogens is 1. The lowest BCUT2D eigenvalue weighted by molar-refractivity contribution is -0.137. The minimum atomic E-state index is -0.935. The van der Waals surface area contributed by atoms with Crippen LogP contribution in [0.4, 0.5) is 0 Å². The number of aromatic nitrogens is 2. The van der Waals surface area contributed by atoms with Gasteiger partial charge in [0, 0.05) is 11.6 Å². The summed E-state index contributed by atoms with van der Waals surface area (Å²) in [7, 11) is 0. The van der Waals surface area contributed by atoms with Gasteiger partial charge in [-0.25, -0.2) is 4.79 Å². The van der Waals surface area contributed by atoms with Crippen molar-refractivity contribution in [3.05, 3.63) is 33.7 Å². The molecule has 0 fully saturated rings. The standard InChI is InChI=1S/C10H9ClN2O3/c11-6-1-2-8-7(5-6)12-10(16)13(8)4-3-9(14)15/h1-2,5H,3-4H2,(H,12,16)(H,14,15). The third kappa shape index (κ3) is 1.94. The van der Waals surface area contributed by atoms with Gasteiger partial charge >= 0.3 is 11.7 Å². The number of carboxylic acid groups (broad SMARTS) is 1. The second kappa shape index (κ2) is 4.02. The van der Waals surface area contributed by atoms with Crippen molar-refractivity contribution < 1.29 is 9.90 Å². The lowest BCUT2D eigenvalue weighted by atomic mass is 10.3. The average Bonchev–Trinajstić information content (AvgIpc) is 2.50. The quantitative estimate of drug-likeness (QED) is 0.853. The van der Waals surface area contributed by atoms with E-state index < -0.39 is 5.97 Å². The molecule has 1 aromatic heterocycles. The number of carboxylic acids is 1. The number of benzene rings is 1. The molecule has 1 heterocycles. The van der Waals surface area contributed by atoms with E-state index in [9.17, 15) is 9.59 Å². The van der Waals surface area contributed by atoms with Crippen molar-refractivity contribution in [3.63, 3.8) is 0 Å². The number of nitrogens with one attached hydrogen (secondary N) is 1. The first-order chi connectivity index (χ1) is 7.58. The number of aromatic amines is 1. The van der Waals surface area contributed by atoms with Crippen molar-refractivity contribution >= 4 is 28.6 Å². The zero-order valence-electron chi connectivity index (χ0n) is 8.24. The molecule has 0 spiro atoms. The largest absolute Gasteiger partial charge is 0.481 e. The van der Waals surface area contributed by atoms with Crippen molar-refractivity contribution in [1.82, 2.24) is 9.55 Å². The molecule has 6 heteroatoms. The zero-order valence-corrected chi connectivity index (χ0v) is 8.99. The minimum Gasteiger partial charge on any atom is -0.481 e. The fraction of sp³-hybridized carbons (Fsp3) is 0.200. The second-order valence-electron chi connectivity index (χ2n) is 3.39. The van der Waals surface area contributed by atoms with Crippen molar-refractivity contribution in [1.29, 1.82) is 0 Å². The highest BCUT2D eigenvalue weighted by atomic mass is 35.5. The maximum atomic E-state index is 11.5. The summed E-state index contributed by atoms with van der Waals surface area (Å²) < 4.78 is 1.39. The summed E-state index contributed by atoms with van der Waals surface area (Å²) in [5, 5.41) is 9.10. The third-order valence-corrected chi connectivity index (χ3v) is 2.52. The van der Waals surface area contributed by atoms with Gasteiger partial charge in [0.05, 0.1) is 17.5 Å². The zero-order chi connectivity index (χ0) is 11.7. The Kier molecular flexibility index (Phi) is 2.70. The summed E-state index contributed by atoms with van der Waals surface area (Å²) in [6, 6.07) is 4.99. The number of halogens is 1. The summed E-state index contributed by atoms with van der Waals surface area (Å²) in [6.07, 6.45) is -0.0878. The van der Waals surface area contributed by atoms with Gasteiger partial charge in [0.2, 0.25) is 0 Å². The molecule has 0 saturated carbocycles. The first kappa shape index (κ1) is 10.8. The van der Waals surface area contributed by atoms with Gasteiger partial charge in [0.25, 0.3) is 0 Å². The number of carbonyl (C=O) groups is 1. The maximum absolute atomic E-state index is 11.5. The molecular formula is C10H9ClN2O3. The van der Waals surface area contributed by atoms with Crippen molar-refractivity contribution in [3.8, 4) is 0 Å². The summed E-state index contributed by atoms with van der Waals surface area (Å²) in [6.45, 7) is 0.149. The number of aryl methyl sites for hydroxylation is 1. The maximum Gasteiger partial charge on any atom is 0.326 e. The van der Waals surface area contributed by atoms with Crippen LogP contribution in [0.25, 0.3) is 11.0 Å². The van der Waals surface area contributed by atoms with E-state index in [0.29, 0.717) is 16.1 Å². The van der Waals surface area contributed by atoms with Crippen LogP contribution in [0.5, 0.6) is 0 Å². The van der Waals surface area contributed by atoms with Gasteiger partial charge in [-0.15, -0.1) is 0 Å². The van der Waals surface area contributed by atoms with E-state index in [1.165, 1.54) is 4.57 Å². The molecule has 0 aliphatic heterocycles. The van der Waals surface area contributed by atoms with Gasteiger partial charge in [0.1, 0.15) is 0 Å². The van der Waals surface area contributed by atoms with E-state index in [2.05, 4.69) is 4.98 Å². The van der Waals surface area contributed by atoms with Gasteiger partial charge in [0.15, 0.2) is 0 Å². The Balaban J connectivity index is 2.48. The lowest BCUT2D eigenvalue weighted by Crippen LogP contribution is -2.18. The van der Waals surface area contributed by atoms with Crippen LogP contribution < -0.4 is 5.69 Å². The van der Waals surface area contributed by atoms with Crippen LogP contribution in [0.3, 0.4) is 0 Å². The van der Waals surface area contributed by atoms with Crippen LogP contribution >= 0.6 is 11.6 Å². The topological polar surface area (TPSA) is 75.1 Å². The molecule has 0 aliphatic rings. The lowest BCUT2D eigenvalue weighted by Gasteiger charge is -2.00. The van der Waals surface area contributed by atoms with Gasteiger partial charge in [-0.05, 0) is 18.2 Å². The first-order valence-electron chi connectivity index (χ1n) is 4.68. The highest BCUT2D eigenvalue weighted by molar-refractivity contribution is 6.31. The Morgan fingerprint density at radius 2 is 2.25 bits per heavy atom. The number of imidazole rings is 1. The molecule has 0 saturated heterocycles. The Morgan fingerprint density at radius 3 is 2.94 bits per heavy atom. The smallest absolute Gasteiger partial charge is 0.326 e. The third-order valence-electron chi connectivity index (χ3n) is 2.29. The molecule has 2 N–H and O–H groups in total. The monoisotopic (exact) mass is 240 g/mol. The van der Waals surface area contributed by atoms with Crippen LogP contribution in [0, 0.1) is 0 Å².